The third-order valence-corrected chi connectivity index (χ3v) is 6.29. The first-order valence-corrected chi connectivity index (χ1v) is 9.57. The van der Waals surface area contributed by atoms with E-state index in [0.29, 0.717) is 5.56 Å². The lowest BCUT2D eigenvalue weighted by molar-refractivity contribution is 0.571. The largest absolute Gasteiger partial charge is 0.214 e. The molecule has 1 saturated carbocycles. The van der Waals surface area contributed by atoms with Crippen LogP contribution in [-0.2, 0) is 10.0 Å². The highest BCUT2D eigenvalue weighted by Crippen LogP contribution is 2.41. The summed E-state index contributed by atoms with van der Waals surface area (Å²) in [6.07, 6.45) is 0.849. The fourth-order valence-corrected chi connectivity index (χ4v) is 3.66. The highest BCUT2D eigenvalue weighted by molar-refractivity contribution is 7.90. The molecule has 0 radical (unpaired) electrons. The van der Waals surface area contributed by atoms with Crippen LogP contribution in [0.1, 0.15) is 37.3 Å². The first-order chi connectivity index (χ1) is 11.4. The Morgan fingerprint density at radius 1 is 1.04 bits per heavy atom. The summed E-state index contributed by atoms with van der Waals surface area (Å²) in [6, 6.07) is 17.8. The Hall–Kier alpha value is -2.16. The minimum atomic E-state index is -3.21. The molecule has 2 aromatic carbocycles. The van der Waals surface area contributed by atoms with Crippen LogP contribution in [-0.4, -0.2) is 19.7 Å². The Morgan fingerprint density at radius 2 is 1.58 bits per heavy atom. The van der Waals surface area contributed by atoms with Gasteiger partial charge in [0.2, 0.25) is 10.0 Å². The van der Waals surface area contributed by atoms with E-state index >= 15 is 0 Å². The van der Waals surface area contributed by atoms with Crippen LogP contribution >= 0.6 is 0 Å². The van der Waals surface area contributed by atoms with Gasteiger partial charge in [0.1, 0.15) is 0 Å². The van der Waals surface area contributed by atoms with Crippen molar-refractivity contribution < 1.29 is 8.42 Å². The Kier molecular flexibility index (Phi) is 4.44. The smallest absolute Gasteiger partial charge is 0.212 e. The molecule has 2 aromatic rings. The van der Waals surface area contributed by atoms with Crippen molar-refractivity contribution in [3.05, 3.63) is 59.7 Å². The van der Waals surface area contributed by atoms with Gasteiger partial charge in [0.25, 0.3) is 0 Å². The summed E-state index contributed by atoms with van der Waals surface area (Å²) in [7, 11) is -3.21. The van der Waals surface area contributed by atoms with Crippen molar-refractivity contribution >= 4 is 10.0 Å². The van der Waals surface area contributed by atoms with Crippen molar-refractivity contribution in [3.8, 4) is 17.2 Å². The zero-order valence-corrected chi connectivity index (χ0v) is 14.5. The van der Waals surface area contributed by atoms with Gasteiger partial charge < -0.3 is 0 Å². The third kappa shape index (κ3) is 3.50. The monoisotopic (exact) mass is 340 g/mol. The molecule has 1 aliphatic rings. The van der Waals surface area contributed by atoms with Crippen molar-refractivity contribution in [1.29, 1.82) is 5.26 Å². The molecular weight excluding hydrogens is 320 g/mol. The Labute approximate surface area is 143 Å². The average molecular weight is 340 g/mol. The number of rotatable bonds is 5. The molecule has 0 aliphatic heterocycles. The Morgan fingerprint density at radius 3 is 2.08 bits per heavy atom. The first kappa shape index (κ1) is 16.7. The number of hydrogen-bond donors (Lipinski definition) is 1. The number of nitriles is 1. The van der Waals surface area contributed by atoms with Crippen LogP contribution in [0.4, 0.5) is 0 Å². The van der Waals surface area contributed by atoms with Gasteiger partial charge in [-0.3, -0.25) is 0 Å². The van der Waals surface area contributed by atoms with E-state index in [-0.39, 0.29) is 12.0 Å². The predicted octanol–water partition coefficient (Wildman–Crippen LogP) is 3.41. The van der Waals surface area contributed by atoms with Gasteiger partial charge in [0, 0.05) is 12.0 Å². The van der Waals surface area contributed by atoms with Crippen molar-refractivity contribution in [1.82, 2.24) is 4.72 Å². The lowest BCUT2D eigenvalue weighted by Gasteiger charge is -2.09. The standard InChI is InChI=1S/C19H20N2O2S/c1-13(2)24(22,23)21-19-11-18(19)17-9-7-16(8-10-17)15-5-3-14(12-20)4-6-15/h3-10,13,18-19,21H,11H2,1-2H3/t18-,19+/m0/s1. The molecular formula is C19H20N2O2S. The van der Waals surface area contributed by atoms with Gasteiger partial charge in [-0.2, -0.15) is 5.26 Å². The van der Waals surface area contributed by atoms with Crippen LogP contribution in [0.15, 0.2) is 48.5 Å². The first-order valence-electron chi connectivity index (χ1n) is 8.02. The molecule has 0 bridgehead atoms. The van der Waals surface area contributed by atoms with Crippen LogP contribution in [0.3, 0.4) is 0 Å². The van der Waals surface area contributed by atoms with Gasteiger partial charge in [-0.05, 0) is 49.1 Å². The third-order valence-electron chi connectivity index (χ3n) is 4.41. The van der Waals surface area contributed by atoms with Crippen molar-refractivity contribution in [3.63, 3.8) is 0 Å². The molecule has 0 unspecified atom stereocenters. The van der Waals surface area contributed by atoms with E-state index in [4.69, 9.17) is 5.26 Å². The van der Waals surface area contributed by atoms with Crippen LogP contribution in [0.25, 0.3) is 11.1 Å². The predicted molar refractivity (Wildman–Crippen MR) is 94.9 cm³/mol. The minimum Gasteiger partial charge on any atom is -0.212 e. The van der Waals surface area contributed by atoms with Gasteiger partial charge in [0.05, 0.1) is 16.9 Å². The van der Waals surface area contributed by atoms with Crippen LogP contribution in [0.5, 0.6) is 0 Å². The van der Waals surface area contributed by atoms with Crippen molar-refractivity contribution in [2.75, 3.05) is 0 Å². The molecule has 0 spiro atoms. The fraction of sp³-hybridized carbons (Fsp3) is 0.316. The highest BCUT2D eigenvalue weighted by atomic mass is 32.2. The molecule has 2 atom stereocenters. The molecule has 0 amide bonds. The van der Waals surface area contributed by atoms with E-state index in [1.54, 1.807) is 26.0 Å². The number of nitrogens with zero attached hydrogens (tertiary/aromatic N) is 1. The number of hydrogen-bond acceptors (Lipinski definition) is 3. The van der Waals surface area contributed by atoms with Crippen molar-refractivity contribution in [2.24, 2.45) is 0 Å². The highest BCUT2D eigenvalue weighted by Gasteiger charge is 2.41. The summed E-state index contributed by atoms with van der Waals surface area (Å²) in [5, 5.41) is 8.44. The quantitative estimate of drug-likeness (QED) is 0.907. The maximum atomic E-state index is 11.9. The van der Waals surface area contributed by atoms with Crippen LogP contribution in [0, 0.1) is 11.3 Å². The van der Waals surface area contributed by atoms with E-state index in [9.17, 15) is 8.42 Å². The van der Waals surface area contributed by atoms with Crippen molar-refractivity contribution in [2.45, 2.75) is 37.5 Å². The molecule has 1 fully saturated rings. The van der Waals surface area contributed by atoms with Gasteiger partial charge in [0.15, 0.2) is 0 Å². The van der Waals surface area contributed by atoms with E-state index in [0.717, 1.165) is 23.1 Å². The molecule has 124 valence electrons. The molecule has 0 aromatic heterocycles. The van der Waals surface area contributed by atoms with Gasteiger partial charge in [-0.15, -0.1) is 0 Å². The molecule has 0 heterocycles. The lowest BCUT2D eigenvalue weighted by atomic mass is 10.0. The number of benzene rings is 2. The second kappa shape index (κ2) is 6.39. The number of nitrogens with one attached hydrogen (secondary N) is 1. The van der Waals surface area contributed by atoms with Gasteiger partial charge >= 0.3 is 0 Å². The molecule has 1 aliphatic carbocycles. The fourth-order valence-electron chi connectivity index (χ4n) is 2.70. The van der Waals surface area contributed by atoms with Gasteiger partial charge in [-0.1, -0.05) is 36.4 Å². The second-order valence-electron chi connectivity index (χ2n) is 6.47. The summed E-state index contributed by atoms with van der Waals surface area (Å²) in [5.41, 5.74) is 3.95. The lowest BCUT2D eigenvalue weighted by Crippen LogP contribution is -2.33. The molecule has 3 rings (SSSR count). The Balaban J connectivity index is 1.69. The second-order valence-corrected chi connectivity index (χ2v) is 8.74. The Bertz CT molecular complexity index is 863. The molecule has 24 heavy (non-hydrogen) atoms. The van der Waals surface area contributed by atoms with E-state index in [1.165, 1.54) is 0 Å². The molecule has 0 saturated heterocycles. The summed E-state index contributed by atoms with van der Waals surface area (Å²) in [6.45, 7) is 3.37. The van der Waals surface area contributed by atoms with Crippen LogP contribution < -0.4 is 4.72 Å². The molecule has 1 N–H and O–H groups in total. The summed E-state index contributed by atoms with van der Waals surface area (Å²) in [4.78, 5) is 0. The molecule has 4 nitrogen and oxygen atoms in total. The zero-order valence-electron chi connectivity index (χ0n) is 13.7. The van der Waals surface area contributed by atoms with E-state index in [1.807, 2.05) is 24.3 Å². The maximum absolute atomic E-state index is 11.9. The topological polar surface area (TPSA) is 70.0 Å². The van der Waals surface area contributed by atoms with Crippen LogP contribution in [0.2, 0.25) is 0 Å². The maximum Gasteiger partial charge on any atom is 0.214 e. The van der Waals surface area contributed by atoms with E-state index in [2.05, 4.69) is 22.9 Å². The minimum absolute atomic E-state index is 0.0122. The summed E-state index contributed by atoms with van der Waals surface area (Å²) < 4.78 is 26.6. The average Bonchev–Trinajstić information content (AvgIpc) is 3.33. The SMILES string of the molecule is CC(C)S(=O)(=O)N[C@@H]1C[C@H]1c1ccc(-c2ccc(C#N)cc2)cc1. The normalized spacial score (nSPS) is 19.9. The zero-order chi connectivity index (χ0) is 17.3. The summed E-state index contributed by atoms with van der Waals surface area (Å²) >= 11 is 0. The van der Waals surface area contributed by atoms with Gasteiger partial charge in [-0.25, -0.2) is 13.1 Å². The summed E-state index contributed by atoms with van der Waals surface area (Å²) in [5.74, 6) is 0.258. The number of sulfonamides is 1. The van der Waals surface area contributed by atoms with E-state index < -0.39 is 15.3 Å². The molecule has 5 heteroatoms.